The van der Waals surface area contributed by atoms with Gasteiger partial charge >= 0.3 is 0 Å². The number of nitrogens with one attached hydrogen (secondary N) is 1. The van der Waals surface area contributed by atoms with E-state index in [0.717, 1.165) is 5.56 Å². The van der Waals surface area contributed by atoms with E-state index in [1.54, 1.807) is 13.1 Å². The molecule has 0 bridgehead atoms. The zero-order valence-electron chi connectivity index (χ0n) is 9.55. The van der Waals surface area contributed by atoms with Crippen molar-refractivity contribution in [1.82, 2.24) is 5.32 Å². The van der Waals surface area contributed by atoms with E-state index in [1.807, 2.05) is 6.92 Å². The molecule has 0 heterocycles. The van der Waals surface area contributed by atoms with Crippen LogP contribution in [0.4, 0.5) is 4.39 Å². The minimum Gasteiger partial charge on any atom is -0.493 e. The Hall–Kier alpha value is -1.58. The maximum Gasteiger partial charge on any atom is 0.219 e. The second kappa shape index (κ2) is 6.10. The van der Waals surface area contributed by atoms with E-state index in [0.29, 0.717) is 25.2 Å². The van der Waals surface area contributed by atoms with Gasteiger partial charge in [-0.05, 0) is 25.0 Å². The third kappa shape index (κ3) is 3.88. The normalized spacial score (nSPS) is 9.94. The topological polar surface area (TPSA) is 38.3 Å². The lowest BCUT2D eigenvalue weighted by molar-refractivity contribution is -0.120. The zero-order valence-corrected chi connectivity index (χ0v) is 9.55. The van der Waals surface area contributed by atoms with Gasteiger partial charge in [0.05, 0.1) is 6.61 Å². The molecule has 0 aliphatic rings. The highest BCUT2D eigenvalue weighted by atomic mass is 19.1. The number of carbonyl (C=O) groups excluding carboxylic acids is 1. The predicted octanol–water partition coefficient (Wildman–Crippen LogP) is 2.04. The second-order valence-corrected chi connectivity index (χ2v) is 3.54. The van der Waals surface area contributed by atoms with Gasteiger partial charge in [0.1, 0.15) is 11.6 Å². The van der Waals surface area contributed by atoms with Crippen LogP contribution in [-0.4, -0.2) is 19.6 Å². The summed E-state index contributed by atoms with van der Waals surface area (Å²) in [5, 5.41) is 2.53. The molecule has 1 aromatic carbocycles. The fourth-order valence-corrected chi connectivity index (χ4v) is 1.27. The third-order valence-corrected chi connectivity index (χ3v) is 2.23. The number of benzene rings is 1. The molecule has 88 valence electrons. The average molecular weight is 225 g/mol. The first-order valence-electron chi connectivity index (χ1n) is 5.23. The van der Waals surface area contributed by atoms with Crippen LogP contribution in [-0.2, 0) is 4.79 Å². The lowest BCUT2D eigenvalue weighted by atomic mass is 10.2. The minimum absolute atomic E-state index is 0.0143. The lowest BCUT2D eigenvalue weighted by Crippen LogP contribution is -2.18. The van der Waals surface area contributed by atoms with Gasteiger partial charge in [-0.15, -0.1) is 0 Å². The number of ether oxygens (including phenoxy) is 1. The lowest BCUT2D eigenvalue weighted by Gasteiger charge is -2.08. The second-order valence-electron chi connectivity index (χ2n) is 3.54. The van der Waals surface area contributed by atoms with Crippen LogP contribution in [0.1, 0.15) is 18.4 Å². The molecule has 0 unspecified atom stereocenters. The molecule has 0 aromatic heterocycles. The monoisotopic (exact) mass is 225 g/mol. The Bertz CT molecular complexity index is 366. The van der Waals surface area contributed by atoms with E-state index in [1.165, 1.54) is 12.1 Å². The smallest absolute Gasteiger partial charge is 0.219 e. The van der Waals surface area contributed by atoms with Crippen molar-refractivity contribution < 1.29 is 13.9 Å². The van der Waals surface area contributed by atoms with Gasteiger partial charge in [-0.25, -0.2) is 4.39 Å². The predicted molar refractivity (Wildman–Crippen MR) is 59.9 cm³/mol. The molecule has 0 saturated carbocycles. The molecular weight excluding hydrogens is 209 g/mol. The first kappa shape index (κ1) is 12.5. The standard InChI is InChI=1S/C12H16FNO2/c1-9-5-6-10(13)8-11(9)16-7-3-4-12(15)14-2/h5-6,8H,3-4,7H2,1-2H3,(H,14,15). The van der Waals surface area contributed by atoms with Crippen LogP contribution in [0.25, 0.3) is 0 Å². The molecule has 0 fully saturated rings. The highest BCUT2D eigenvalue weighted by molar-refractivity contribution is 5.75. The van der Waals surface area contributed by atoms with Crippen LogP contribution >= 0.6 is 0 Å². The maximum atomic E-state index is 12.9. The van der Waals surface area contributed by atoms with Crippen molar-refractivity contribution in [3.63, 3.8) is 0 Å². The number of halogens is 1. The molecule has 3 nitrogen and oxygen atoms in total. The van der Waals surface area contributed by atoms with Gasteiger partial charge in [0.15, 0.2) is 0 Å². The fraction of sp³-hybridized carbons (Fsp3) is 0.417. The summed E-state index contributed by atoms with van der Waals surface area (Å²) >= 11 is 0. The summed E-state index contributed by atoms with van der Waals surface area (Å²) in [5.74, 6) is 0.211. The summed E-state index contributed by atoms with van der Waals surface area (Å²) in [6.07, 6.45) is 1.04. The Morgan fingerprint density at radius 3 is 2.94 bits per heavy atom. The first-order chi connectivity index (χ1) is 7.63. The van der Waals surface area contributed by atoms with Crippen molar-refractivity contribution in [3.8, 4) is 5.75 Å². The van der Waals surface area contributed by atoms with E-state index in [2.05, 4.69) is 5.32 Å². The van der Waals surface area contributed by atoms with Crippen molar-refractivity contribution in [2.45, 2.75) is 19.8 Å². The molecule has 0 radical (unpaired) electrons. The summed E-state index contributed by atoms with van der Waals surface area (Å²) in [5.41, 5.74) is 0.890. The summed E-state index contributed by atoms with van der Waals surface area (Å²) in [6.45, 7) is 2.27. The SMILES string of the molecule is CNC(=O)CCCOc1cc(F)ccc1C. The molecule has 0 aliphatic carbocycles. The Balaban J connectivity index is 2.37. The Morgan fingerprint density at radius 2 is 2.25 bits per heavy atom. The van der Waals surface area contributed by atoms with Gasteiger partial charge in [0.2, 0.25) is 5.91 Å². The largest absolute Gasteiger partial charge is 0.493 e. The Labute approximate surface area is 94.6 Å². The summed E-state index contributed by atoms with van der Waals surface area (Å²) in [7, 11) is 1.60. The zero-order chi connectivity index (χ0) is 12.0. The number of amides is 1. The van der Waals surface area contributed by atoms with Gasteiger partial charge in [0.25, 0.3) is 0 Å². The van der Waals surface area contributed by atoms with Crippen LogP contribution in [0, 0.1) is 12.7 Å². The van der Waals surface area contributed by atoms with E-state index < -0.39 is 0 Å². The Morgan fingerprint density at radius 1 is 1.50 bits per heavy atom. The van der Waals surface area contributed by atoms with Crippen LogP contribution in [0.15, 0.2) is 18.2 Å². The maximum absolute atomic E-state index is 12.9. The van der Waals surface area contributed by atoms with Crippen LogP contribution in [0.2, 0.25) is 0 Å². The highest BCUT2D eigenvalue weighted by Gasteiger charge is 2.02. The van der Waals surface area contributed by atoms with Crippen LogP contribution in [0.3, 0.4) is 0 Å². The summed E-state index contributed by atoms with van der Waals surface area (Å²) < 4.78 is 18.3. The summed E-state index contributed by atoms with van der Waals surface area (Å²) in [6, 6.07) is 4.42. The van der Waals surface area contributed by atoms with Crippen molar-refractivity contribution in [2.75, 3.05) is 13.7 Å². The molecule has 0 saturated heterocycles. The molecule has 1 rings (SSSR count). The number of aryl methyl sites for hydroxylation is 1. The van der Waals surface area contributed by atoms with Crippen LogP contribution < -0.4 is 10.1 Å². The molecule has 0 spiro atoms. The molecule has 1 N–H and O–H groups in total. The van der Waals surface area contributed by atoms with E-state index in [-0.39, 0.29) is 11.7 Å². The summed E-state index contributed by atoms with van der Waals surface area (Å²) in [4.78, 5) is 10.9. The fourth-order valence-electron chi connectivity index (χ4n) is 1.27. The molecule has 1 aromatic rings. The van der Waals surface area contributed by atoms with Crippen molar-refractivity contribution in [3.05, 3.63) is 29.6 Å². The van der Waals surface area contributed by atoms with E-state index in [9.17, 15) is 9.18 Å². The van der Waals surface area contributed by atoms with Crippen molar-refractivity contribution >= 4 is 5.91 Å². The molecule has 0 atom stereocenters. The minimum atomic E-state index is -0.313. The van der Waals surface area contributed by atoms with Gasteiger partial charge in [-0.1, -0.05) is 6.07 Å². The molecular formula is C12H16FNO2. The van der Waals surface area contributed by atoms with Crippen molar-refractivity contribution in [1.29, 1.82) is 0 Å². The van der Waals surface area contributed by atoms with E-state index >= 15 is 0 Å². The molecule has 4 heteroatoms. The highest BCUT2D eigenvalue weighted by Crippen LogP contribution is 2.18. The van der Waals surface area contributed by atoms with Gasteiger partial charge in [-0.2, -0.15) is 0 Å². The Kier molecular flexibility index (Phi) is 4.76. The van der Waals surface area contributed by atoms with Gasteiger partial charge < -0.3 is 10.1 Å². The molecule has 16 heavy (non-hydrogen) atoms. The molecule has 1 amide bonds. The molecule has 0 aliphatic heterocycles. The first-order valence-corrected chi connectivity index (χ1v) is 5.23. The van der Waals surface area contributed by atoms with E-state index in [4.69, 9.17) is 4.74 Å². The van der Waals surface area contributed by atoms with Crippen molar-refractivity contribution in [2.24, 2.45) is 0 Å². The number of rotatable bonds is 5. The third-order valence-electron chi connectivity index (χ3n) is 2.23. The van der Waals surface area contributed by atoms with Gasteiger partial charge in [0, 0.05) is 19.5 Å². The number of carbonyl (C=O) groups is 1. The number of hydrogen-bond acceptors (Lipinski definition) is 2. The van der Waals surface area contributed by atoms with Gasteiger partial charge in [-0.3, -0.25) is 4.79 Å². The average Bonchev–Trinajstić information content (AvgIpc) is 2.28. The van der Waals surface area contributed by atoms with Crippen LogP contribution in [0.5, 0.6) is 5.75 Å². The quantitative estimate of drug-likeness (QED) is 0.779. The number of hydrogen-bond donors (Lipinski definition) is 1.